The third-order valence-electron chi connectivity index (χ3n) is 6.38. The number of fused-ring (bicyclic) bond motifs is 3. The number of halogens is 1. The van der Waals surface area contributed by atoms with E-state index in [4.69, 9.17) is 16.3 Å². The zero-order valence-corrected chi connectivity index (χ0v) is 17.3. The molecule has 0 saturated heterocycles. The van der Waals surface area contributed by atoms with Crippen molar-refractivity contribution in [3.8, 4) is 11.5 Å². The standard InChI is InChI=1S/C24H21ClN2O3/c1-13-22(14-7-10-20(28)21(11-14)30-2)16-12-15(25)8-9-18(16)27-24(13)17-5-3-4-6-19(17)26-23(24)29/h3-13,22,27-28H,1-2H3,(H,26,29)/t13-,22+,24-/m0/s1. The van der Waals surface area contributed by atoms with Crippen molar-refractivity contribution in [3.05, 3.63) is 82.4 Å². The fourth-order valence-electron chi connectivity index (χ4n) is 4.96. The van der Waals surface area contributed by atoms with Crippen molar-refractivity contribution in [1.82, 2.24) is 0 Å². The normalized spacial score (nSPS) is 24.0. The van der Waals surface area contributed by atoms with Crippen molar-refractivity contribution in [1.29, 1.82) is 0 Å². The van der Waals surface area contributed by atoms with Crippen LogP contribution in [0.15, 0.2) is 60.7 Å². The van der Waals surface area contributed by atoms with Gasteiger partial charge in [-0.2, -0.15) is 0 Å². The third kappa shape index (κ3) is 2.52. The molecule has 0 aliphatic carbocycles. The molecule has 1 spiro atoms. The number of hydrogen-bond donors (Lipinski definition) is 3. The van der Waals surface area contributed by atoms with Crippen LogP contribution in [0.25, 0.3) is 0 Å². The molecule has 152 valence electrons. The first-order chi connectivity index (χ1) is 14.5. The molecule has 1 amide bonds. The maximum Gasteiger partial charge on any atom is 0.255 e. The molecular formula is C24H21ClN2O3. The fraction of sp³-hybridized carbons (Fsp3) is 0.208. The van der Waals surface area contributed by atoms with Gasteiger partial charge >= 0.3 is 0 Å². The number of hydrogen-bond acceptors (Lipinski definition) is 4. The molecule has 3 aromatic carbocycles. The Morgan fingerprint density at radius 1 is 1.07 bits per heavy atom. The van der Waals surface area contributed by atoms with Crippen molar-refractivity contribution < 1.29 is 14.6 Å². The summed E-state index contributed by atoms with van der Waals surface area (Å²) in [4.78, 5) is 13.4. The van der Waals surface area contributed by atoms with E-state index in [1.54, 1.807) is 6.07 Å². The predicted octanol–water partition coefficient (Wildman–Crippen LogP) is 5.10. The fourth-order valence-corrected chi connectivity index (χ4v) is 5.14. The van der Waals surface area contributed by atoms with Crippen LogP contribution in [0.3, 0.4) is 0 Å². The Balaban J connectivity index is 1.76. The lowest BCUT2D eigenvalue weighted by molar-refractivity contribution is -0.121. The average Bonchev–Trinajstić information content (AvgIpc) is 3.02. The first kappa shape index (κ1) is 18.8. The molecule has 2 heterocycles. The minimum absolute atomic E-state index is 0.0763. The molecule has 30 heavy (non-hydrogen) atoms. The SMILES string of the molecule is COc1cc([C@@H]2c3cc(Cl)ccc3N[C@@]3(C(=O)Nc4ccccc43)[C@H]2C)ccc1O. The summed E-state index contributed by atoms with van der Waals surface area (Å²) < 4.78 is 5.35. The lowest BCUT2D eigenvalue weighted by Crippen LogP contribution is -2.52. The lowest BCUT2D eigenvalue weighted by atomic mass is 9.65. The number of aromatic hydroxyl groups is 1. The van der Waals surface area contributed by atoms with E-state index in [0.717, 1.165) is 28.1 Å². The van der Waals surface area contributed by atoms with Crippen molar-refractivity contribution in [2.45, 2.75) is 18.4 Å². The Morgan fingerprint density at radius 3 is 2.67 bits per heavy atom. The van der Waals surface area contributed by atoms with Gasteiger partial charge in [-0.3, -0.25) is 4.79 Å². The number of amides is 1. The third-order valence-corrected chi connectivity index (χ3v) is 6.62. The molecule has 5 rings (SSSR count). The molecule has 0 aromatic heterocycles. The van der Waals surface area contributed by atoms with E-state index in [9.17, 15) is 9.90 Å². The summed E-state index contributed by atoms with van der Waals surface area (Å²) in [6.07, 6.45) is 0. The Bertz CT molecular complexity index is 1180. The Labute approximate surface area is 179 Å². The van der Waals surface area contributed by atoms with E-state index in [1.165, 1.54) is 7.11 Å². The number of rotatable bonds is 2. The molecule has 3 N–H and O–H groups in total. The van der Waals surface area contributed by atoms with Gasteiger partial charge in [0.2, 0.25) is 0 Å². The smallest absolute Gasteiger partial charge is 0.255 e. The van der Waals surface area contributed by atoms with Gasteiger partial charge in [0.1, 0.15) is 5.54 Å². The van der Waals surface area contributed by atoms with E-state index >= 15 is 0 Å². The zero-order valence-electron chi connectivity index (χ0n) is 16.6. The molecule has 0 unspecified atom stereocenters. The van der Waals surface area contributed by atoms with Crippen LogP contribution in [0.2, 0.25) is 5.02 Å². The van der Waals surface area contributed by atoms with Crippen LogP contribution in [0.4, 0.5) is 11.4 Å². The summed E-state index contributed by atoms with van der Waals surface area (Å²) in [5, 5.41) is 17.3. The maximum absolute atomic E-state index is 13.4. The number of phenolic OH excluding ortho intramolecular Hbond substituents is 1. The van der Waals surface area contributed by atoms with Crippen LogP contribution < -0.4 is 15.4 Å². The highest BCUT2D eigenvalue weighted by molar-refractivity contribution is 6.30. The first-order valence-corrected chi connectivity index (χ1v) is 10.2. The van der Waals surface area contributed by atoms with Crippen molar-refractivity contribution in [2.75, 3.05) is 17.7 Å². The molecule has 0 bridgehead atoms. The molecule has 3 aromatic rings. The van der Waals surface area contributed by atoms with Crippen molar-refractivity contribution in [2.24, 2.45) is 5.92 Å². The van der Waals surface area contributed by atoms with Crippen LogP contribution in [0.5, 0.6) is 11.5 Å². The molecule has 2 aliphatic rings. The average molecular weight is 421 g/mol. The highest BCUT2D eigenvalue weighted by Gasteiger charge is 2.56. The summed E-state index contributed by atoms with van der Waals surface area (Å²) in [5.41, 5.74) is 3.64. The van der Waals surface area contributed by atoms with Gasteiger partial charge in [-0.25, -0.2) is 0 Å². The molecule has 2 aliphatic heterocycles. The number of benzene rings is 3. The summed E-state index contributed by atoms with van der Waals surface area (Å²) in [5.74, 6) is 0.0974. The molecule has 0 fully saturated rings. The summed E-state index contributed by atoms with van der Waals surface area (Å²) in [6.45, 7) is 2.07. The van der Waals surface area contributed by atoms with Crippen LogP contribution in [-0.4, -0.2) is 18.1 Å². The zero-order chi connectivity index (χ0) is 21.0. The molecule has 5 nitrogen and oxygen atoms in total. The number of methoxy groups -OCH3 is 1. The van der Waals surface area contributed by atoms with E-state index in [2.05, 4.69) is 17.6 Å². The van der Waals surface area contributed by atoms with E-state index in [1.807, 2.05) is 54.6 Å². The summed E-state index contributed by atoms with van der Waals surface area (Å²) in [6, 6.07) is 18.8. The van der Waals surface area contributed by atoms with Gasteiger partial charge in [0.15, 0.2) is 11.5 Å². The Kier molecular flexibility index (Phi) is 4.19. The van der Waals surface area contributed by atoms with Gasteiger partial charge in [0.05, 0.1) is 7.11 Å². The first-order valence-electron chi connectivity index (χ1n) is 9.81. The van der Waals surface area contributed by atoms with Crippen molar-refractivity contribution >= 4 is 28.9 Å². The molecule has 6 heteroatoms. The topological polar surface area (TPSA) is 70.6 Å². The van der Waals surface area contributed by atoms with Gasteiger partial charge in [-0.15, -0.1) is 0 Å². The summed E-state index contributed by atoms with van der Waals surface area (Å²) >= 11 is 6.35. The number of anilines is 2. The number of para-hydroxylation sites is 1. The highest BCUT2D eigenvalue weighted by atomic mass is 35.5. The minimum Gasteiger partial charge on any atom is -0.504 e. The van der Waals surface area contributed by atoms with Gasteiger partial charge in [0.25, 0.3) is 5.91 Å². The van der Waals surface area contributed by atoms with E-state index < -0.39 is 5.54 Å². The Morgan fingerprint density at radius 2 is 1.87 bits per heavy atom. The summed E-state index contributed by atoms with van der Waals surface area (Å²) in [7, 11) is 1.53. The van der Waals surface area contributed by atoms with Crippen LogP contribution in [0, 0.1) is 5.92 Å². The number of carbonyl (C=O) groups is 1. The molecular weight excluding hydrogens is 400 g/mol. The Hall–Kier alpha value is -3.18. The number of ether oxygens (including phenoxy) is 1. The maximum atomic E-state index is 13.4. The van der Waals surface area contributed by atoms with Crippen LogP contribution in [0.1, 0.15) is 29.5 Å². The number of carbonyl (C=O) groups excluding carboxylic acids is 1. The highest BCUT2D eigenvalue weighted by Crippen LogP contribution is 2.55. The van der Waals surface area contributed by atoms with Gasteiger partial charge in [0, 0.05) is 33.8 Å². The number of nitrogens with one attached hydrogen (secondary N) is 2. The van der Waals surface area contributed by atoms with Crippen LogP contribution in [-0.2, 0) is 10.3 Å². The molecule has 3 atom stereocenters. The molecule has 0 saturated carbocycles. The van der Waals surface area contributed by atoms with Gasteiger partial charge < -0.3 is 20.5 Å². The minimum atomic E-state index is -0.923. The largest absolute Gasteiger partial charge is 0.504 e. The molecule has 0 radical (unpaired) electrons. The quantitative estimate of drug-likeness (QED) is 0.539. The van der Waals surface area contributed by atoms with Gasteiger partial charge in [-0.1, -0.05) is 42.8 Å². The van der Waals surface area contributed by atoms with Crippen molar-refractivity contribution in [3.63, 3.8) is 0 Å². The van der Waals surface area contributed by atoms with E-state index in [-0.39, 0.29) is 23.5 Å². The number of phenols is 1. The lowest BCUT2D eigenvalue weighted by Gasteiger charge is -2.45. The second-order valence-corrected chi connectivity index (χ2v) is 8.30. The second-order valence-electron chi connectivity index (χ2n) is 7.86. The van der Waals surface area contributed by atoms with Crippen LogP contribution >= 0.6 is 11.6 Å². The second kappa shape index (κ2) is 6.67. The predicted molar refractivity (Wildman–Crippen MR) is 117 cm³/mol. The monoisotopic (exact) mass is 420 g/mol. The van der Waals surface area contributed by atoms with E-state index in [0.29, 0.717) is 10.8 Å². The van der Waals surface area contributed by atoms with Gasteiger partial charge in [-0.05, 0) is 47.5 Å².